The van der Waals surface area contributed by atoms with Gasteiger partial charge in [-0.1, -0.05) is 32.0 Å². The summed E-state index contributed by atoms with van der Waals surface area (Å²) in [7, 11) is 3.14. The van der Waals surface area contributed by atoms with Gasteiger partial charge in [0.25, 0.3) is 5.91 Å². The third-order valence-corrected chi connectivity index (χ3v) is 5.91. The number of hydrogen-bond acceptors (Lipinski definition) is 4. The van der Waals surface area contributed by atoms with Crippen molar-refractivity contribution in [3.8, 4) is 11.5 Å². The third kappa shape index (κ3) is 5.21. The van der Waals surface area contributed by atoms with Crippen LogP contribution >= 0.6 is 0 Å². The highest BCUT2D eigenvalue weighted by atomic mass is 19.1. The molecule has 0 bridgehead atoms. The Kier molecular flexibility index (Phi) is 7.72. The maximum absolute atomic E-state index is 14.3. The lowest BCUT2D eigenvalue weighted by atomic mass is 9.87. The maximum Gasteiger partial charge on any atom is 0.256 e. The minimum Gasteiger partial charge on any atom is -0.497 e. The van der Waals surface area contributed by atoms with Crippen molar-refractivity contribution in [1.29, 1.82) is 0 Å². The minimum absolute atomic E-state index is 0.00816. The molecule has 2 aromatic carbocycles. The molecular formula is C25H31FN2O4. The molecule has 0 saturated carbocycles. The first-order chi connectivity index (χ1) is 15.3. The van der Waals surface area contributed by atoms with Crippen LogP contribution in [0.4, 0.5) is 4.39 Å². The zero-order valence-electron chi connectivity index (χ0n) is 19.1. The smallest absolute Gasteiger partial charge is 0.256 e. The molecule has 0 spiro atoms. The van der Waals surface area contributed by atoms with Crippen molar-refractivity contribution < 1.29 is 23.5 Å². The van der Waals surface area contributed by atoms with Gasteiger partial charge in [0.15, 0.2) is 0 Å². The summed E-state index contributed by atoms with van der Waals surface area (Å²) in [6.07, 6.45) is 0.868. The normalized spacial score (nSPS) is 18.0. The average molecular weight is 443 g/mol. The van der Waals surface area contributed by atoms with Crippen LogP contribution < -0.4 is 14.8 Å². The van der Waals surface area contributed by atoms with E-state index in [1.807, 2.05) is 12.1 Å². The summed E-state index contributed by atoms with van der Waals surface area (Å²) < 4.78 is 25.1. The van der Waals surface area contributed by atoms with E-state index in [-0.39, 0.29) is 30.5 Å². The van der Waals surface area contributed by atoms with E-state index in [9.17, 15) is 14.0 Å². The Morgan fingerprint density at radius 1 is 1.12 bits per heavy atom. The Bertz CT molecular complexity index is 963. The fourth-order valence-corrected chi connectivity index (χ4v) is 4.10. The molecule has 2 atom stereocenters. The van der Waals surface area contributed by atoms with Gasteiger partial charge in [0, 0.05) is 37.2 Å². The SMILES string of the molecule is COc1ccc([C@H]2CN(C(=O)c3ccccc3F)C[C@@H]2C(=O)NCCC(C)C)c(OC)c1. The number of halogens is 1. The summed E-state index contributed by atoms with van der Waals surface area (Å²) >= 11 is 0. The van der Waals surface area contributed by atoms with Gasteiger partial charge in [-0.15, -0.1) is 0 Å². The molecule has 3 rings (SSSR count). The molecule has 172 valence electrons. The molecule has 1 fully saturated rings. The lowest BCUT2D eigenvalue weighted by Crippen LogP contribution is -2.36. The summed E-state index contributed by atoms with van der Waals surface area (Å²) in [6, 6.07) is 11.4. The van der Waals surface area contributed by atoms with Gasteiger partial charge in [0.05, 0.1) is 25.7 Å². The lowest BCUT2D eigenvalue weighted by Gasteiger charge is -2.21. The molecule has 0 radical (unpaired) electrons. The first-order valence-corrected chi connectivity index (χ1v) is 10.9. The number of amides is 2. The molecule has 1 N–H and O–H groups in total. The Morgan fingerprint density at radius 3 is 2.53 bits per heavy atom. The van der Waals surface area contributed by atoms with Crippen LogP contribution in [0.3, 0.4) is 0 Å². The van der Waals surface area contributed by atoms with Crippen LogP contribution in [0.5, 0.6) is 11.5 Å². The van der Waals surface area contributed by atoms with Crippen molar-refractivity contribution in [2.24, 2.45) is 11.8 Å². The van der Waals surface area contributed by atoms with Crippen LogP contribution in [0.2, 0.25) is 0 Å². The second-order valence-electron chi connectivity index (χ2n) is 8.48. The fraction of sp³-hybridized carbons (Fsp3) is 0.440. The van der Waals surface area contributed by atoms with E-state index in [2.05, 4.69) is 19.2 Å². The van der Waals surface area contributed by atoms with Gasteiger partial charge in [0.2, 0.25) is 5.91 Å². The zero-order chi connectivity index (χ0) is 23.3. The van der Waals surface area contributed by atoms with Gasteiger partial charge in [-0.25, -0.2) is 4.39 Å². The van der Waals surface area contributed by atoms with Gasteiger partial charge in [-0.2, -0.15) is 0 Å². The van der Waals surface area contributed by atoms with Crippen molar-refractivity contribution >= 4 is 11.8 Å². The molecule has 0 aliphatic carbocycles. The van der Waals surface area contributed by atoms with Crippen LogP contribution in [-0.4, -0.2) is 50.6 Å². The maximum atomic E-state index is 14.3. The number of benzene rings is 2. The van der Waals surface area contributed by atoms with E-state index in [0.717, 1.165) is 12.0 Å². The summed E-state index contributed by atoms with van der Waals surface area (Å²) in [4.78, 5) is 27.7. The number of rotatable bonds is 8. The topological polar surface area (TPSA) is 67.9 Å². The fourth-order valence-electron chi connectivity index (χ4n) is 4.10. The Morgan fingerprint density at radius 2 is 1.88 bits per heavy atom. The average Bonchev–Trinajstić information content (AvgIpc) is 3.23. The second kappa shape index (κ2) is 10.5. The quantitative estimate of drug-likeness (QED) is 0.674. The first kappa shape index (κ1) is 23.6. The van der Waals surface area contributed by atoms with Crippen molar-refractivity contribution in [1.82, 2.24) is 10.2 Å². The number of ether oxygens (including phenoxy) is 2. The zero-order valence-corrected chi connectivity index (χ0v) is 19.1. The van der Waals surface area contributed by atoms with E-state index in [1.165, 1.54) is 12.1 Å². The first-order valence-electron chi connectivity index (χ1n) is 10.9. The molecule has 1 aliphatic rings. The third-order valence-electron chi connectivity index (χ3n) is 5.91. The van der Waals surface area contributed by atoms with Gasteiger partial charge >= 0.3 is 0 Å². The standard InChI is InChI=1S/C25H31FN2O4/c1-16(2)11-12-27-24(29)21-15-28(25(30)19-7-5-6-8-22(19)26)14-20(21)18-10-9-17(31-3)13-23(18)32-4/h5-10,13,16,20-21H,11-12,14-15H2,1-4H3,(H,27,29)/t20-,21+/m1/s1. The molecule has 7 heteroatoms. The van der Waals surface area contributed by atoms with Crippen molar-refractivity contribution in [2.45, 2.75) is 26.2 Å². The Labute approximate surface area is 188 Å². The monoisotopic (exact) mass is 442 g/mol. The van der Waals surface area contributed by atoms with Crippen molar-refractivity contribution in [3.63, 3.8) is 0 Å². The van der Waals surface area contributed by atoms with E-state index in [0.29, 0.717) is 24.0 Å². The van der Waals surface area contributed by atoms with Gasteiger partial charge in [-0.05, 0) is 30.5 Å². The number of carbonyl (C=O) groups is 2. The number of methoxy groups -OCH3 is 2. The Hall–Kier alpha value is -3.09. The molecule has 0 unspecified atom stereocenters. The van der Waals surface area contributed by atoms with Crippen LogP contribution in [0.1, 0.15) is 42.1 Å². The van der Waals surface area contributed by atoms with Crippen LogP contribution in [0.15, 0.2) is 42.5 Å². The van der Waals surface area contributed by atoms with Crippen LogP contribution in [-0.2, 0) is 4.79 Å². The van der Waals surface area contributed by atoms with E-state index in [4.69, 9.17) is 9.47 Å². The molecular weight excluding hydrogens is 411 g/mol. The molecule has 0 aromatic heterocycles. The molecule has 2 aromatic rings. The largest absolute Gasteiger partial charge is 0.497 e. The molecule has 1 saturated heterocycles. The lowest BCUT2D eigenvalue weighted by molar-refractivity contribution is -0.124. The number of carbonyl (C=O) groups excluding carboxylic acids is 2. The molecule has 32 heavy (non-hydrogen) atoms. The number of nitrogens with zero attached hydrogens (tertiary/aromatic N) is 1. The summed E-state index contributed by atoms with van der Waals surface area (Å²) in [5, 5.41) is 3.01. The molecule has 1 heterocycles. The molecule has 1 aliphatic heterocycles. The number of likely N-dealkylation sites (tertiary alicyclic amines) is 1. The van der Waals surface area contributed by atoms with Crippen molar-refractivity contribution in [2.75, 3.05) is 33.9 Å². The van der Waals surface area contributed by atoms with Gasteiger partial charge < -0.3 is 19.7 Å². The summed E-state index contributed by atoms with van der Waals surface area (Å²) in [5.41, 5.74) is 0.829. The van der Waals surface area contributed by atoms with Crippen LogP contribution in [0, 0.1) is 17.7 Å². The predicted molar refractivity (Wildman–Crippen MR) is 121 cm³/mol. The van der Waals surface area contributed by atoms with E-state index < -0.39 is 17.6 Å². The van der Waals surface area contributed by atoms with Gasteiger partial charge in [0.1, 0.15) is 17.3 Å². The second-order valence-corrected chi connectivity index (χ2v) is 8.48. The molecule has 6 nitrogen and oxygen atoms in total. The van der Waals surface area contributed by atoms with Crippen molar-refractivity contribution in [3.05, 3.63) is 59.4 Å². The highest BCUT2D eigenvalue weighted by Crippen LogP contribution is 2.39. The Balaban J connectivity index is 1.90. The van der Waals surface area contributed by atoms with Crippen LogP contribution in [0.25, 0.3) is 0 Å². The molecule has 2 amide bonds. The highest BCUT2D eigenvalue weighted by molar-refractivity contribution is 5.95. The van der Waals surface area contributed by atoms with Gasteiger partial charge in [-0.3, -0.25) is 9.59 Å². The highest BCUT2D eigenvalue weighted by Gasteiger charge is 2.42. The summed E-state index contributed by atoms with van der Waals surface area (Å²) in [6.45, 7) is 5.27. The van der Waals surface area contributed by atoms with E-state index >= 15 is 0 Å². The predicted octanol–water partition coefficient (Wildman–Crippen LogP) is 3.86. The minimum atomic E-state index is -0.569. The summed E-state index contributed by atoms with van der Waals surface area (Å²) in [5.74, 6) is -0.159. The number of hydrogen-bond donors (Lipinski definition) is 1. The van der Waals surface area contributed by atoms with E-state index in [1.54, 1.807) is 37.3 Å². The number of nitrogens with one attached hydrogen (secondary N) is 1.